The summed E-state index contributed by atoms with van der Waals surface area (Å²) in [5.41, 5.74) is 12.8. The van der Waals surface area contributed by atoms with Crippen LogP contribution in [0.15, 0.2) is 71.8 Å². The number of carbonyl (C=O) groups excluding carboxylic acids is 2. The molecule has 0 spiro atoms. The Labute approximate surface area is 183 Å². The van der Waals surface area contributed by atoms with E-state index in [0.717, 1.165) is 22.2 Å². The summed E-state index contributed by atoms with van der Waals surface area (Å²) in [6, 6.07) is 19.4. The number of rotatable bonds is 4. The van der Waals surface area contributed by atoms with E-state index in [0.29, 0.717) is 22.5 Å². The number of phenolic OH excluding ortho intramolecular Hbond substituents is 1. The SMILES string of the molecule is NCC(=O)N(c1ccc(O)cc1)c1cc2c3c(c(-c4ccccc4)[nH]c3c1)C=NNC2=O. The molecule has 0 saturated carbocycles. The molecule has 1 aromatic heterocycles. The molecule has 8 nitrogen and oxygen atoms in total. The fourth-order valence-corrected chi connectivity index (χ4v) is 3.96. The number of hydrogen-bond donors (Lipinski definition) is 4. The predicted molar refractivity (Wildman–Crippen MR) is 123 cm³/mol. The van der Waals surface area contributed by atoms with Crippen LogP contribution in [-0.4, -0.2) is 34.7 Å². The molecule has 0 radical (unpaired) electrons. The highest BCUT2D eigenvalue weighted by Crippen LogP contribution is 2.37. The molecular weight excluding hydrogens is 406 g/mol. The third-order valence-corrected chi connectivity index (χ3v) is 5.38. The number of benzene rings is 3. The Morgan fingerprint density at radius 3 is 2.50 bits per heavy atom. The molecule has 158 valence electrons. The molecule has 0 fully saturated rings. The smallest absolute Gasteiger partial charge is 0.272 e. The maximum Gasteiger partial charge on any atom is 0.272 e. The first-order valence-electron chi connectivity index (χ1n) is 9.97. The normalized spacial score (nSPS) is 12.5. The van der Waals surface area contributed by atoms with Crippen LogP contribution in [-0.2, 0) is 4.79 Å². The van der Waals surface area contributed by atoms with Gasteiger partial charge in [0.1, 0.15) is 5.75 Å². The highest BCUT2D eigenvalue weighted by atomic mass is 16.3. The van der Waals surface area contributed by atoms with Crippen LogP contribution in [0.4, 0.5) is 11.4 Å². The van der Waals surface area contributed by atoms with Crippen LogP contribution in [0.3, 0.4) is 0 Å². The molecule has 1 aliphatic heterocycles. The van der Waals surface area contributed by atoms with Crippen molar-refractivity contribution in [1.82, 2.24) is 10.4 Å². The van der Waals surface area contributed by atoms with E-state index in [9.17, 15) is 14.7 Å². The van der Waals surface area contributed by atoms with Crippen LogP contribution in [0.2, 0.25) is 0 Å². The molecule has 0 aliphatic carbocycles. The van der Waals surface area contributed by atoms with E-state index in [1.54, 1.807) is 24.4 Å². The number of anilines is 2. The predicted octanol–water partition coefficient (Wildman–Crippen LogP) is 3.24. The van der Waals surface area contributed by atoms with Crippen molar-refractivity contribution in [3.8, 4) is 17.0 Å². The average Bonchev–Trinajstić information content (AvgIpc) is 3.09. The van der Waals surface area contributed by atoms with Gasteiger partial charge in [-0.05, 0) is 42.0 Å². The lowest BCUT2D eigenvalue weighted by molar-refractivity contribution is -0.116. The molecule has 3 aromatic carbocycles. The van der Waals surface area contributed by atoms with Gasteiger partial charge in [0.2, 0.25) is 5.91 Å². The van der Waals surface area contributed by atoms with Gasteiger partial charge in [0, 0.05) is 22.2 Å². The van der Waals surface area contributed by atoms with E-state index in [1.165, 1.54) is 17.0 Å². The first-order chi connectivity index (χ1) is 15.6. The van der Waals surface area contributed by atoms with Crippen LogP contribution in [0.5, 0.6) is 5.75 Å². The Kier molecular flexibility index (Phi) is 4.68. The molecule has 2 heterocycles. The second-order valence-corrected chi connectivity index (χ2v) is 7.34. The van der Waals surface area contributed by atoms with Crippen molar-refractivity contribution >= 4 is 40.3 Å². The quantitative estimate of drug-likeness (QED) is 0.401. The molecule has 4 aromatic rings. The summed E-state index contributed by atoms with van der Waals surface area (Å²) >= 11 is 0. The number of carbonyl (C=O) groups is 2. The van der Waals surface area contributed by atoms with E-state index in [-0.39, 0.29) is 24.1 Å². The van der Waals surface area contributed by atoms with Crippen LogP contribution < -0.4 is 16.1 Å². The first kappa shape index (κ1) is 19.5. The Hall–Kier alpha value is -4.43. The van der Waals surface area contributed by atoms with Gasteiger partial charge in [-0.25, -0.2) is 5.43 Å². The number of nitrogens with zero attached hydrogens (tertiary/aromatic N) is 2. The number of nitrogens with one attached hydrogen (secondary N) is 2. The number of aromatic nitrogens is 1. The average molecular weight is 425 g/mol. The van der Waals surface area contributed by atoms with Crippen molar-refractivity contribution < 1.29 is 14.7 Å². The van der Waals surface area contributed by atoms with E-state index in [1.807, 2.05) is 36.4 Å². The van der Waals surface area contributed by atoms with Crippen molar-refractivity contribution in [2.45, 2.75) is 0 Å². The number of amides is 2. The standard InChI is InChI=1S/C24H19N5O3/c25-12-21(31)29(15-6-8-17(30)9-7-15)16-10-18-22-19(13-26-28-24(18)32)23(27-20(22)11-16)14-4-2-1-3-5-14/h1-11,13,27,30H,12,25H2,(H,28,32). The monoisotopic (exact) mass is 425 g/mol. The van der Waals surface area contributed by atoms with Crippen molar-refractivity contribution in [2.75, 3.05) is 11.4 Å². The van der Waals surface area contributed by atoms with Crippen molar-refractivity contribution in [3.63, 3.8) is 0 Å². The number of H-pyrrole nitrogens is 1. The van der Waals surface area contributed by atoms with Gasteiger partial charge in [0.05, 0.1) is 29.7 Å². The van der Waals surface area contributed by atoms with Crippen LogP contribution >= 0.6 is 0 Å². The van der Waals surface area contributed by atoms with Crippen LogP contribution in [0.25, 0.3) is 22.2 Å². The minimum absolute atomic E-state index is 0.0777. The molecule has 5 rings (SSSR count). The van der Waals surface area contributed by atoms with Gasteiger partial charge in [-0.1, -0.05) is 30.3 Å². The summed E-state index contributed by atoms with van der Waals surface area (Å²) in [5.74, 6) is -0.659. The molecule has 0 unspecified atom stereocenters. The minimum Gasteiger partial charge on any atom is -0.508 e. The summed E-state index contributed by atoms with van der Waals surface area (Å²) in [7, 11) is 0. The fourth-order valence-electron chi connectivity index (χ4n) is 3.96. The van der Waals surface area contributed by atoms with Gasteiger partial charge in [0.15, 0.2) is 0 Å². The number of nitrogens with two attached hydrogens (primary N) is 1. The second kappa shape index (κ2) is 7.68. The molecule has 5 N–H and O–H groups in total. The van der Waals surface area contributed by atoms with Gasteiger partial charge >= 0.3 is 0 Å². The van der Waals surface area contributed by atoms with E-state index >= 15 is 0 Å². The van der Waals surface area contributed by atoms with Crippen molar-refractivity contribution in [3.05, 3.63) is 77.9 Å². The zero-order valence-corrected chi connectivity index (χ0v) is 16.9. The fraction of sp³-hybridized carbons (Fsp3) is 0.0417. The van der Waals surface area contributed by atoms with E-state index < -0.39 is 0 Å². The number of aromatic hydroxyl groups is 1. The number of aromatic amines is 1. The highest BCUT2D eigenvalue weighted by Gasteiger charge is 2.25. The number of hydrogen-bond acceptors (Lipinski definition) is 5. The lowest BCUT2D eigenvalue weighted by atomic mass is 10.0. The van der Waals surface area contributed by atoms with Crippen molar-refractivity contribution in [2.24, 2.45) is 10.8 Å². The molecule has 0 atom stereocenters. The summed E-state index contributed by atoms with van der Waals surface area (Å²) < 4.78 is 0. The van der Waals surface area contributed by atoms with Crippen molar-refractivity contribution in [1.29, 1.82) is 0 Å². The topological polar surface area (TPSA) is 124 Å². The summed E-state index contributed by atoms with van der Waals surface area (Å²) in [5, 5.41) is 14.4. The van der Waals surface area contributed by atoms with Crippen LogP contribution in [0.1, 0.15) is 15.9 Å². The molecule has 0 saturated heterocycles. The van der Waals surface area contributed by atoms with Gasteiger partial charge in [-0.3, -0.25) is 14.5 Å². The second-order valence-electron chi connectivity index (χ2n) is 7.34. The summed E-state index contributed by atoms with van der Waals surface area (Å²) in [6.45, 7) is -0.227. The highest BCUT2D eigenvalue weighted by molar-refractivity contribution is 6.18. The first-order valence-corrected chi connectivity index (χ1v) is 9.97. The van der Waals surface area contributed by atoms with E-state index in [4.69, 9.17) is 5.73 Å². The lowest BCUT2D eigenvalue weighted by Gasteiger charge is -2.23. The van der Waals surface area contributed by atoms with Gasteiger partial charge in [-0.15, -0.1) is 0 Å². The maximum absolute atomic E-state index is 12.8. The number of hydrazone groups is 1. The minimum atomic E-state index is -0.378. The molecule has 0 bridgehead atoms. The summed E-state index contributed by atoms with van der Waals surface area (Å²) in [4.78, 5) is 30.4. The molecule has 1 aliphatic rings. The third kappa shape index (κ3) is 3.19. The van der Waals surface area contributed by atoms with Gasteiger partial charge < -0.3 is 15.8 Å². The molecule has 8 heteroatoms. The largest absolute Gasteiger partial charge is 0.508 e. The lowest BCUT2D eigenvalue weighted by Crippen LogP contribution is -2.32. The Balaban J connectivity index is 1.77. The van der Waals surface area contributed by atoms with E-state index in [2.05, 4.69) is 15.5 Å². The Morgan fingerprint density at radius 2 is 1.78 bits per heavy atom. The maximum atomic E-state index is 12.8. The van der Waals surface area contributed by atoms with Gasteiger partial charge in [-0.2, -0.15) is 5.10 Å². The summed E-state index contributed by atoms with van der Waals surface area (Å²) in [6.07, 6.45) is 1.62. The number of phenols is 1. The molecular formula is C24H19N5O3. The third-order valence-electron chi connectivity index (χ3n) is 5.38. The Morgan fingerprint density at radius 1 is 1.03 bits per heavy atom. The Bertz CT molecular complexity index is 1370. The van der Waals surface area contributed by atoms with Crippen LogP contribution in [0, 0.1) is 0 Å². The zero-order valence-electron chi connectivity index (χ0n) is 16.9. The molecule has 2 amide bonds. The van der Waals surface area contributed by atoms with Gasteiger partial charge in [0.25, 0.3) is 5.91 Å². The zero-order chi connectivity index (χ0) is 22.2. The molecule has 32 heavy (non-hydrogen) atoms.